The van der Waals surface area contributed by atoms with Crippen molar-refractivity contribution in [3.63, 3.8) is 0 Å². The minimum atomic E-state index is -0.731. The van der Waals surface area contributed by atoms with Gasteiger partial charge in [-0.3, -0.25) is 0 Å². The van der Waals surface area contributed by atoms with E-state index in [4.69, 9.17) is 14.5 Å². The predicted octanol–water partition coefficient (Wildman–Crippen LogP) is 6.26. The zero-order chi connectivity index (χ0) is 27.8. The van der Waals surface area contributed by atoms with Crippen LogP contribution in [-0.4, -0.2) is 28.7 Å². The Labute approximate surface area is 234 Å². The average molecular weight is 528 g/mol. The molecule has 0 N–H and O–H groups in total. The van der Waals surface area contributed by atoms with Crippen molar-refractivity contribution in [2.75, 3.05) is 13.2 Å². The van der Waals surface area contributed by atoms with E-state index in [1.54, 1.807) is 19.1 Å². The second kappa shape index (κ2) is 12.2. The number of benzene rings is 4. The SMILES string of the molecule is CCOC(=O)COC(c1ccc(C#N)cc1)c1cn(C(c2ccccc2)(c2ccccc2)c2ccccc2)cn1. The lowest BCUT2D eigenvalue weighted by Crippen LogP contribution is -2.37. The summed E-state index contributed by atoms with van der Waals surface area (Å²) in [5.74, 6) is -0.451. The molecule has 1 aromatic heterocycles. The fourth-order valence-electron chi connectivity index (χ4n) is 5.08. The van der Waals surface area contributed by atoms with Gasteiger partial charge in [0, 0.05) is 6.20 Å². The number of nitrogens with zero attached hydrogens (tertiary/aromatic N) is 3. The molecule has 1 heterocycles. The van der Waals surface area contributed by atoms with Gasteiger partial charge in [0.2, 0.25) is 0 Å². The fraction of sp³-hybridized carbons (Fsp3) is 0.147. The molecule has 0 aliphatic rings. The van der Waals surface area contributed by atoms with E-state index in [9.17, 15) is 10.1 Å². The van der Waals surface area contributed by atoms with Crippen molar-refractivity contribution in [2.45, 2.75) is 18.6 Å². The van der Waals surface area contributed by atoms with Crippen molar-refractivity contribution in [3.05, 3.63) is 161 Å². The van der Waals surface area contributed by atoms with Crippen LogP contribution in [0.1, 0.15) is 46.5 Å². The van der Waals surface area contributed by atoms with E-state index in [1.807, 2.05) is 79.3 Å². The lowest BCUT2D eigenvalue weighted by atomic mass is 9.77. The third-order valence-electron chi connectivity index (χ3n) is 6.85. The molecule has 0 saturated heterocycles. The molecule has 0 radical (unpaired) electrons. The summed E-state index contributed by atoms with van der Waals surface area (Å²) in [6.07, 6.45) is 3.13. The van der Waals surface area contributed by atoms with Gasteiger partial charge in [0.1, 0.15) is 18.2 Å². The Kier molecular flexibility index (Phi) is 8.15. The average Bonchev–Trinajstić information content (AvgIpc) is 3.50. The summed E-state index contributed by atoms with van der Waals surface area (Å²) in [5.41, 5.74) is 4.41. The molecule has 4 aromatic carbocycles. The molecule has 0 spiro atoms. The molecule has 1 atom stereocenters. The van der Waals surface area contributed by atoms with Gasteiger partial charge in [-0.05, 0) is 41.3 Å². The molecular weight excluding hydrogens is 498 g/mol. The van der Waals surface area contributed by atoms with Gasteiger partial charge >= 0.3 is 5.97 Å². The van der Waals surface area contributed by atoms with Gasteiger partial charge < -0.3 is 14.0 Å². The number of carbonyl (C=O) groups excluding carboxylic acids is 1. The van der Waals surface area contributed by atoms with Crippen molar-refractivity contribution >= 4 is 5.97 Å². The minimum absolute atomic E-state index is 0.230. The van der Waals surface area contributed by atoms with E-state index >= 15 is 0 Å². The number of carbonyl (C=O) groups is 1. The van der Waals surface area contributed by atoms with Crippen molar-refractivity contribution in [1.82, 2.24) is 9.55 Å². The van der Waals surface area contributed by atoms with Crippen molar-refractivity contribution in [1.29, 1.82) is 5.26 Å². The number of hydrogen-bond acceptors (Lipinski definition) is 5. The molecule has 0 amide bonds. The van der Waals surface area contributed by atoms with Gasteiger partial charge in [0.05, 0.1) is 30.3 Å². The molecule has 0 bridgehead atoms. The number of esters is 1. The largest absolute Gasteiger partial charge is 0.464 e. The Morgan fingerprint density at radius 3 is 1.85 bits per heavy atom. The third-order valence-corrected chi connectivity index (χ3v) is 6.85. The van der Waals surface area contributed by atoms with Crippen molar-refractivity contribution in [2.24, 2.45) is 0 Å². The Morgan fingerprint density at radius 1 is 0.850 bits per heavy atom. The molecular formula is C34H29N3O3. The summed E-state index contributed by atoms with van der Waals surface area (Å²) in [7, 11) is 0. The second-order valence-corrected chi connectivity index (χ2v) is 9.24. The Balaban J connectivity index is 1.67. The second-order valence-electron chi connectivity index (χ2n) is 9.24. The van der Waals surface area contributed by atoms with Gasteiger partial charge in [-0.2, -0.15) is 5.26 Å². The van der Waals surface area contributed by atoms with Gasteiger partial charge in [-0.15, -0.1) is 0 Å². The molecule has 40 heavy (non-hydrogen) atoms. The van der Waals surface area contributed by atoms with Crippen LogP contribution in [0.2, 0.25) is 0 Å². The van der Waals surface area contributed by atoms with Crippen LogP contribution in [0.3, 0.4) is 0 Å². The standard InChI is InChI=1S/C34H29N3O3/c1-2-39-32(38)24-40-33(27-20-18-26(22-35)19-21-27)31-23-37(25-36-31)34(28-12-6-3-7-13-28,29-14-8-4-9-15-29)30-16-10-5-11-17-30/h3-21,23,25,33H,2,24H2,1H3. The van der Waals surface area contributed by atoms with Crippen LogP contribution in [0, 0.1) is 11.3 Å². The van der Waals surface area contributed by atoms with E-state index in [1.165, 1.54) is 0 Å². The molecule has 0 aliphatic heterocycles. The van der Waals surface area contributed by atoms with Crippen molar-refractivity contribution < 1.29 is 14.3 Å². The normalized spacial score (nSPS) is 11.9. The van der Waals surface area contributed by atoms with Crippen LogP contribution < -0.4 is 0 Å². The van der Waals surface area contributed by atoms with E-state index < -0.39 is 17.6 Å². The summed E-state index contributed by atoms with van der Waals surface area (Å²) in [6, 6.07) is 40.2. The summed E-state index contributed by atoms with van der Waals surface area (Å²) in [4.78, 5) is 17.0. The molecule has 0 saturated carbocycles. The molecule has 0 fully saturated rings. The smallest absolute Gasteiger partial charge is 0.332 e. The number of imidazole rings is 1. The zero-order valence-corrected chi connectivity index (χ0v) is 22.2. The fourth-order valence-corrected chi connectivity index (χ4v) is 5.08. The molecule has 6 nitrogen and oxygen atoms in total. The van der Waals surface area contributed by atoms with Gasteiger partial charge in [0.15, 0.2) is 0 Å². The quantitative estimate of drug-likeness (QED) is 0.158. The Morgan fingerprint density at radius 2 is 1.38 bits per heavy atom. The molecule has 5 aromatic rings. The maximum absolute atomic E-state index is 12.2. The highest BCUT2D eigenvalue weighted by atomic mass is 16.6. The van der Waals surface area contributed by atoms with Crippen molar-refractivity contribution in [3.8, 4) is 6.07 Å². The van der Waals surface area contributed by atoms with Crippen LogP contribution >= 0.6 is 0 Å². The van der Waals surface area contributed by atoms with E-state index in [-0.39, 0.29) is 13.2 Å². The molecule has 5 rings (SSSR count). The Hall–Kier alpha value is -4.99. The molecule has 198 valence electrons. The predicted molar refractivity (Wildman–Crippen MR) is 152 cm³/mol. The molecule has 6 heteroatoms. The van der Waals surface area contributed by atoms with Crippen LogP contribution in [-0.2, 0) is 19.8 Å². The lowest BCUT2D eigenvalue weighted by Gasteiger charge is -2.37. The van der Waals surface area contributed by atoms with E-state index in [2.05, 4.69) is 47.0 Å². The summed E-state index contributed by atoms with van der Waals surface area (Å²) in [5, 5.41) is 9.28. The molecule has 1 unspecified atom stereocenters. The van der Waals surface area contributed by atoms with Gasteiger partial charge in [-0.25, -0.2) is 9.78 Å². The third kappa shape index (κ3) is 5.28. The van der Waals surface area contributed by atoms with E-state index in [0.717, 1.165) is 22.3 Å². The highest BCUT2D eigenvalue weighted by molar-refractivity contribution is 5.70. The topological polar surface area (TPSA) is 77.1 Å². The van der Waals surface area contributed by atoms with Gasteiger partial charge in [0.25, 0.3) is 0 Å². The highest BCUT2D eigenvalue weighted by Crippen LogP contribution is 2.41. The Bertz CT molecular complexity index is 1480. The minimum Gasteiger partial charge on any atom is -0.464 e. The highest BCUT2D eigenvalue weighted by Gasteiger charge is 2.39. The maximum atomic E-state index is 12.2. The van der Waals surface area contributed by atoms with Crippen LogP contribution in [0.15, 0.2) is 128 Å². The van der Waals surface area contributed by atoms with Crippen LogP contribution in [0.5, 0.6) is 0 Å². The lowest BCUT2D eigenvalue weighted by molar-refractivity contribution is -0.149. The van der Waals surface area contributed by atoms with Crippen LogP contribution in [0.25, 0.3) is 0 Å². The maximum Gasteiger partial charge on any atom is 0.332 e. The summed E-state index contributed by atoms with van der Waals surface area (Å²) >= 11 is 0. The number of hydrogen-bond donors (Lipinski definition) is 0. The van der Waals surface area contributed by atoms with Crippen LogP contribution in [0.4, 0.5) is 0 Å². The first-order valence-corrected chi connectivity index (χ1v) is 13.1. The zero-order valence-electron chi connectivity index (χ0n) is 22.2. The summed E-state index contributed by atoms with van der Waals surface area (Å²) in [6.45, 7) is 1.80. The monoisotopic (exact) mass is 527 g/mol. The number of ether oxygens (including phenoxy) is 2. The van der Waals surface area contributed by atoms with E-state index in [0.29, 0.717) is 11.3 Å². The first-order chi connectivity index (χ1) is 19.7. The first-order valence-electron chi connectivity index (χ1n) is 13.1. The summed E-state index contributed by atoms with van der Waals surface area (Å²) < 4.78 is 13.3. The number of aromatic nitrogens is 2. The first kappa shape index (κ1) is 26.6. The van der Waals surface area contributed by atoms with Gasteiger partial charge in [-0.1, -0.05) is 103 Å². The molecule has 0 aliphatic carbocycles. The number of nitriles is 1. The number of rotatable bonds is 10.